The summed E-state index contributed by atoms with van der Waals surface area (Å²) < 4.78 is 39.2. The highest BCUT2D eigenvalue weighted by molar-refractivity contribution is 7.47. The van der Waals surface area contributed by atoms with Crippen molar-refractivity contribution in [2.45, 2.75) is 226 Å². The first-order valence-electron chi connectivity index (χ1n) is 27.1. The van der Waals surface area contributed by atoms with Crippen LogP contribution in [0.3, 0.4) is 0 Å². The first-order valence-corrected chi connectivity index (χ1v) is 28.6. The van der Waals surface area contributed by atoms with Crippen LogP contribution in [0.5, 0.6) is 0 Å². The summed E-state index contributed by atoms with van der Waals surface area (Å²) in [5.74, 6) is -1.64. The lowest BCUT2D eigenvalue weighted by atomic mass is 10.1. The van der Waals surface area contributed by atoms with Gasteiger partial charge in [-0.05, 0) is 83.5 Å². The summed E-state index contributed by atoms with van der Waals surface area (Å²) in [7, 11) is -4.77. The van der Waals surface area contributed by atoms with Crippen LogP contribution in [0.1, 0.15) is 213 Å². The number of phosphoric acid groups is 1. The van der Waals surface area contributed by atoms with E-state index < -0.39 is 57.8 Å². The Morgan fingerprint density at radius 3 is 1.29 bits per heavy atom. The minimum absolute atomic E-state index is 0.0706. The summed E-state index contributed by atoms with van der Waals surface area (Å²) in [5, 5.41) is 9.75. The van der Waals surface area contributed by atoms with Crippen molar-refractivity contribution in [1.29, 1.82) is 0 Å². The third kappa shape index (κ3) is 49.4. The van der Waals surface area contributed by atoms with E-state index in [9.17, 15) is 28.9 Å². The van der Waals surface area contributed by atoms with Gasteiger partial charge in [0.15, 0.2) is 6.10 Å². The van der Waals surface area contributed by atoms with Gasteiger partial charge in [-0.1, -0.05) is 208 Å². The van der Waals surface area contributed by atoms with E-state index in [4.69, 9.17) is 23.3 Å². The van der Waals surface area contributed by atoms with Gasteiger partial charge in [0.25, 0.3) is 0 Å². The van der Waals surface area contributed by atoms with Gasteiger partial charge in [0, 0.05) is 12.8 Å². The maximum absolute atomic E-state index is 12.8. The first kappa shape index (κ1) is 66.4. The van der Waals surface area contributed by atoms with Gasteiger partial charge in [0.2, 0.25) is 0 Å². The van der Waals surface area contributed by atoms with E-state index in [0.717, 1.165) is 96.3 Å². The largest absolute Gasteiger partial charge is 0.472 e. The zero-order valence-corrected chi connectivity index (χ0v) is 44.8. The van der Waals surface area contributed by atoms with Crippen LogP contribution in [0.2, 0.25) is 0 Å². The lowest BCUT2D eigenvalue weighted by Gasteiger charge is -2.21. The number of phosphoric ester groups is 1. The van der Waals surface area contributed by atoms with Crippen molar-refractivity contribution < 1.29 is 52.2 Å². The zero-order chi connectivity index (χ0) is 51.3. The molecule has 12 heteroatoms. The number of ether oxygens (including phenoxy) is 3. The third-order valence-corrected chi connectivity index (χ3v) is 12.0. The van der Waals surface area contributed by atoms with Crippen molar-refractivity contribution in [2.24, 2.45) is 0 Å². The Kier molecular flexibility index (Phi) is 49.1. The molecule has 0 fully saturated rings. The molecule has 0 heterocycles. The Morgan fingerprint density at radius 2 is 0.800 bits per heavy atom. The van der Waals surface area contributed by atoms with Gasteiger partial charge < -0.3 is 24.2 Å². The summed E-state index contributed by atoms with van der Waals surface area (Å²) in [5.41, 5.74) is 0. The second-order valence-corrected chi connectivity index (χ2v) is 19.1. The average molecular weight is 1000 g/mol. The summed E-state index contributed by atoms with van der Waals surface area (Å²) in [4.78, 5) is 48.3. The topological polar surface area (TPSA) is 155 Å². The number of allylic oxidation sites excluding steroid dienone is 15. The molecular weight excluding hydrogens is 904 g/mol. The Labute approximate surface area is 425 Å². The average Bonchev–Trinajstić information content (AvgIpc) is 3.35. The zero-order valence-electron chi connectivity index (χ0n) is 43.9. The molecule has 0 radical (unpaired) electrons. The quantitative estimate of drug-likeness (QED) is 0.0197. The molecule has 0 spiro atoms. The van der Waals surface area contributed by atoms with Crippen molar-refractivity contribution in [3.8, 4) is 0 Å². The predicted octanol–water partition coefficient (Wildman–Crippen LogP) is 15.7. The number of esters is 3. The van der Waals surface area contributed by atoms with Gasteiger partial charge >= 0.3 is 25.7 Å². The SMILES string of the molecule is CC/C=C\C/C=C\C/C=C\C/C=C\C/C=C\CC(=O)OC(COC(=O)CCCCCCCC/C=C\C/C=C\C/C=C\CCCCC)COP(=O)(O)OCC(CO)OC(=O)CCCCCCCCCCC. The normalized spacial score (nSPS) is 14.2. The van der Waals surface area contributed by atoms with Crippen LogP contribution in [0.4, 0.5) is 0 Å². The second-order valence-electron chi connectivity index (χ2n) is 17.7. The van der Waals surface area contributed by atoms with E-state index in [2.05, 4.69) is 93.7 Å². The molecule has 70 heavy (non-hydrogen) atoms. The molecule has 0 amide bonds. The van der Waals surface area contributed by atoms with E-state index >= 15 is 0 Å². The highest BCUT2D eigenvalue weighted by atomic mass is 31.2. The molecule has 11 nitrogen and oxygen atoms in total. The fourth-order valence-electron chi connectivity index (χ4n) is 6.91. The maximum atomic E-state index is 12.8. The molecule has 0 saturated heterocycles. The highest BCUT2D eigenvalue weighted by Crippen LogP contribution is 2.43. The molecule has 0 aliphatic carbocycles. The van der Waals surface area contributed by atoms with Crippen LogP contribution in [0.25, 0.3) is 0 Å². The standard InChI is InChI=1S/C58H97O11P/c1-4-7-10-13-16-19-21-23-25-26-27-28-30-31-33-36-38-41-44-47-56(60)65-51-55(69-58(62)49-46-43-40-37-34-32-29-24-22-20-17-14-11-8-5-2)53-67-70(63,64)66-52-54(50-59)68-57(61)48-45-42-39-35-18-15-12-9-6-3/h8,11,16-17,19-20,23-25,27-29,34,37,43,46,54-55,59H,4-7,9-10,12-15,18,21-22,26,30-33,35-36,38-42,44-45,47-53H2,1-3H3,(H,63,64)/b11-8-,19-16-,20-17-,25-23-,28-27-,29-24-,37-34-,46-43-. The smallest absolute Gasteiger partial charge is 0.462 e. The minimum atomic E-state index is -4.77. The van der Waals surface area contributed by atoms with Crippen LogP contribution in [0, 0.1) is 0 Å². The number of unbranched alkanes of at least 4 members (excludes halogenated alkanes) is 17. The van der Waals surface area contributed by atoms with Crippen molar-refractivity contribution in [2.75, 3.05) is 26.4 Å². The first-order chi connectivity index (χ1) is 34.2. The lowest BCUT2D eigenvalue weighted by molar-refractivity contribution is -0.160. The summed E-state index contributed by atoms with van der Waals surface area (Å²) >= 11 is 0. The molecule has 3 atom stereocenters. The Morgan fingerprint density at radius 1 is 0.429 bits per heavy atom. The summed E-state index contributed by atoms with van der Waals surface area (Å²) in [6.07, 6.45) is 59.8. The number of aliphatic hydroxyl groups is 1. The highest BCUT2D eigenvalue weighted by Gasteiger charge is 2.28. The van der Waals surface area contributed by atoms with Gasteiger partial charge in [-0.2, -0.15) is 0 Å². The molecule has 0 aliphatic heterocycles. The Bertz CT molecular complexity index is 1540. The number of carbonyl (C=O) groups is 3. The molecule has 0 aliphatic rings. The number of aliphatic hydroxyl groups excluding tert-OH is 1. The summed E-state index contributed by atoms with van der Waals surface area (Å²) in [6, 6.07) is 0. The lowest BCUT2D eigenvalue weighted by Crippen LogP contribution is -2.30. The van der Waals surface area contributed by atoms with Gasteiger partial charge in [-0.25, -0.2) is 4.57 Å². The minimum Gasteiger partial charge on any atom is -0.462 e. The second kappa shape index (κ2) is 51.7. The van der Waals surface area contributed by atoms with Crippen molar-refractivity contribution in [3.63, 3.8) is 0 Å². The molecular formula is C58H97O11P. The van der Waals surface area contributed by atoms with Crippen LogP contribution in [-0.4, -0.2) is 66.5 Å². The van der Waals surface area contributed by atoms with Gasteiger partial charge in [-0.3, -0.25) is 23.4 Å². The number of rotatable bonds is 49. The van der Waals surface area contributed by atoms with E-state index in [1.54, 1.807) is 6.08 Å². The van der Waals surface area contributed by atoms with Crippen molar-refractivity contribution >= 4 is 25.7 Å². The molecule has 2 N–H and O–H groups in total. The van der Waals surface area contributed by atoms with E-state index in [0.29, 0.717) is 19.3 Å². The summed E-state index contributed by atoms with van der Waals surface area (Å²) in [6.45, 7) is 4.33. The molecule has 0 aromatic carbocycles. The van der Waals surface area contributed by atoms with E-state index in [1.165, 1.54) is 57.8 Å². The molecule has 0 rings (SSSR count). The fourth-order valence-corrected chi connectivity index (χ4v) is 7.69. The van der Waals surface area contributed by atoms with Crippen molar-refractivity contribution in [1.82, 2.24) is 0 Å². The Hall–Kier alpha value is -3.60. The fraction of sp³-hybridized carbons (Fsp3) is 0.672. The van der Waals surface area contributed by atoms with Crippen LogP contribution >= 0.6 is 7.82 Å². The predicted molar refractivity (Wildman–Crippen MR) is 288 cm³/mol. The Balaban J connectivity index is 4.86. The number of hydrogen-bond acceptors (Lipinski definition) is 10. The maximum Gasteiger partial charge on any atom is 0.472 e. The van der Waals surface area contributed by atoms with Crippen molar-refractivity contribution in [3.05, 3.63) is 97.2 Å². The molecule has 0 aromatic heterocycles. The molecule has 0 saturated carbocycles. The number of carbonyl (C=O) groups excluding carboxylic acids is 3. The van der Waals surface area contributed by atoms with Gasteiger partial charge in [0.05, 0.1) is 26.2 Å². The van der Waals surface area contributed by atoms with E-state index in [1.807, 2.05) is 18.2 Å². The molecule has 400 valence electrons. The molecule has 3 unspecified atom stereocenters. The van der Waals surface area contributed by atoms with Gasteiger partial charge in [-0.15, -0.1) is 0 Å². The van der Waals surface area contributed by atoms with Crippen LogP contribution in [-0.2, 0) is 42.2 Å². The van der Waals surface area contributed by atoms with Gasteiger partial charge in [0.1, 0.15) is 12.7 Å². The van der Waals surface area contributed by atoms with Crippen LogP contribution < -0.4 is 0 Å². The third-order valence-electron chi connectivity index (χ3n) is 11.0. The monoisotopic (exact) mass is 1000 g/mol. The van der Waals surface area contributed by atoms with Crippen LogP contribution in [0.15, 0.2) is 97.2 Å². The molecule has 0 aromatic rings. The number of hydrogen-bond donors (Lipinski definition) is 2. The van der Waals surface area contributed by atoms with E-state index in [-0.39, 0.29) is 25.9 Å². The molecule has 0 bridgehead atoms.